The van der Waals surface area contributed by atoms with Gasteiger partial charge in [0.25, 0.3) is 0 Å². The van der Waals surface area contributed by atoms with Crippen LogP contribution in [0, 0.1) is 0 Å². The highest BCUT2D eigenvalue weighted by atomic mass is 28.5. The van der Waals surface area contributed by atoms with Crippen molar-refractivity contribution >= 4 is 35.2 Å². The maximum absolute atomic E-state index is 7.04. The third-order valence-electron chi connectivity index (χ3n) is 5.43. The summed E-state index contributed by atoms with van der Waals surface area (Å²) in [5, 5.41) is 0. The summed E-state index contributed by atoms with van der Waals surface area (Å²) < 4.78 is 20.5. The van der Waals surface area contributed by atoms with Crippen molar-refractivity contribution in [3.8, 4) is 0 Å². The van der Waals surface area contributed by atoms with Crippen molar-refractivity contribution in [1.82, 2.24) is 0 Å². The molecule has 0 bridgehead atoms. The van der Waals surface area contributed by atoms with E-state index in [2.05, 4.69) is 55.4 Å². The quantitative estimate of drug-likeness (QED) is 0.363. The molecule has 0 rings (SSSR count). The Morgan fingerprint density at radius 2 is 1.00 bits per heavy atom. The van der Waals surface area contributed by atoms with Gasteiger partial charge in [0.15, 0.2) is 8.32 Å². The molecule has 0 aliphatic rings. The van der Waals surface area contributed by atoms with Crippen LogP contribution in [-0.2, 0) is 12.3 Å². The van der Waals surface area contributed by atoms with Crippen molar-refractivity contribution in [2.75, 3.05) is 0 Å². The van der Waals surface area contributed by atoms with Crippen LogP contribution in [0.2, 0.25) is 48.4 Å². The Morgan fingerprint density at radius 3 is 1.30 bits per heavy atom. The first-order valence-corrected chi connectivity index (χ1v) is 18.5. The number of rotatable bonds is 14. The molecule has 0 N–H and O–H groups in total. The molecule has 0 aromatic heterocycles. The molecule has 0 fully saturated rings. The van der Waals surface area contributed by atoms with E-state index in [0.717, 1.165) is 24.2 Å². The molecule has 0 amide bonds. The highest BCUT2D eigenvalue weighted by Gasteiger charge is 2.48. The SMILES string of the molecule is CC[SiH2]O[Si](CC)(CC)O[Si](CC)(CC)O[Si](CC)(CC)CC. The minimum atomic E-state index is -2.15. The lowest BCUT2D eigenvalue weighted by atomic mass is 10.9. The summed E-state index contributed by atoms with van der Waals surface area (Å²) in [5.74, 6) is 0. The molecule has 0 atom stereocenters. The molecular formula is C16H42O3Si4. The van der Waals surface area contributed by atoms with Gasteiger partial charge in [-0.15, -0.1) is 0 Å². The Labute approximate surface area is 151 Å². The van der Waals surface area contributed by atoms with Crippen LogP contribution in [0.4, 0.5) is 0 Å². The van der Waals surface area contributed by atoms with Crippen LogP contribution in [0.25, 0.3) is 0 Å². The predicted octanol–water partition coefficient (Wildman–Crippen LogP) is 5.53. The summed E-state index contributed by atoms with van der Waals surface area (Å²) in [5.41, 5.74) is 0. The minimum Gasteiger partial charge on any atom is -0.442 e. The fraction of sp³-hybridized carbons (Fsp3) is 1.00. The Morgan fingerprint density at radius 1 is 0.565 bits per heavy atom. The lowest BCUT2D eigenvalue weighted by Gasteiger charge is -2.45. The van der Waals surface area contributed by atoms with Crippen molar-refractivity contribution in [3.05, 3.63) is 0 Å². The summed E-state index contributed by atoms with van der Waals surface area (Å²) in [6, 6.07) is 9.05. The van der Waals surface area contributed by atoms with Gasteiger partial charge in [0.2, 0.25) is 0 Å². The van der Waals surface area contributed by atoms with E-state index in [9.17, 15) is 0 Å². The molecule has 0 aliphatic heterocycles. The molecule has 0 unspecified atom stereocenters. The number of hydrogen-bond donors (Lipinski definition) is 0. The summed E-state index contributed by atoms with van der Waals surface area (Å²) in [6.45, 7) is 18.2. The van der Waals surface area contributed by atoms with E-state index >= 15 is 0 Å². The summed E-state index contributed by atoms with van der Waals surface area (Å²) >= 11 is 0. The van der Waals surface area contributed by atoms with Crippen molar-refractivity contribution < 1.29 is 12.3 Å². The zero-order chi connectivity index (χ0) is 18.0. The second-order valence-electron chi connectivity index (χ2n) is 6.53. The second kappa shape index (κ2) is 11.4. The van der Waals surface area contributed by atoms with Gasteiger partial charge in [-0.3, -0.25) is 0 Å². The van der Waals surface area contributed by atoms with Crippen molar-refractivity contribution in [1.29, 1.82) is 0 Å². The van der Waals surface area contributed by atoms with Crippen LogP contribution in [0.5, 0.6) is 0 Å². The molecule has 0 heterocycles. The smallest absolute Gasteiger partial charge is 0.318 e. The predicted molar refractivity (Wildman–Crippen MR) is 113 cm³/mol. The summed E-state index contributed by atoms with van der Waals surface area (Å²) in [4.78, 5) is 0. The molecule has 140 valence electrons. The zero-order valence-electron chi connectivity index (χ0n) is 17.1. The van der Waals surface area contributed by atoms with E-state index in [1.54, 1.807) is 0 Å². The fourth-order valence-corrected chi connectivity index (χ4v) is 22.0. The van der Waals surface area contributed by atoms with Crippen molar-refractivity contribution in [2.24, 2.45) is 0 Å². The van der Waals surface area contributed by atoms with Crippen LogP contribution in [0.15, 0.2) is 0 Å². The van der Waals surface area contributed by atoms with E-state index in [-0.39, 0.29) is 0 Å². The molecule has 0 saturated carbocycles. The standard InChI is InChI=1S/C16H42O3Si4/c1-9-20-17-22(13-5,14-6)19-23(15-7,16-8)18-21(10-2,11-3)12-4/h9-16,20H2,1-8H3. The van der Waals surface area contributed by atoms with Crippen LogP contribution in [0.3, 0.4) is 0 Å². The highest BCUT2D eigenvalue weighted by molar-refractivity contribution is 6.89. The largest absolute Gasteiger partial charge is 0.442 e. The Bertz CT molecular complexity index is 295. The van der Waals surface area contributed by atoms with E-state index in [4.69, 9.17) is 12.3 Å². The van der Waals surface area contributed by atoms with Gasteiger partial charge < -0.3 is 12.3 Å². The van der Waals surface area contributed by atoms with Crippen molar-refractivity contribution in [3.63, 3.8) is 0 Å². The zero-order valence-corrected chi connectivity index (χ0v) is 21.5. The van der Waals surface area contributed by atoms with Crippen molar-refractivity contribution in [2.45, 2.75) is 104 Å². The molecule has 0 aliphatic carbocycles. The summed E-state index contributed by atoms with van der Waals surface area (Å²) in [7, 11) is -6.28. The molecular weight excluding hydrogens is 353 g/mol. The summed E-state index contributed by atoms with van der Waals surface area (Å²) in [6.07, 6.45) is 0. The Balaban J connectivity index is 5.48. The maximum atomic E-state index is 7.04. The monoisotopic (exact) mass is 394 g/mol. The lowest BCUT2D eigenvalue weighted by molar-refractivity contribution is 0.310. The average Bonchev–Trinajstić information content (AvgIpc) is 2.62. The number of hydrogen-bond acceptors (Lipinski definition) is 3. The topological polar surface area (TPSA) is 27.7 Å². The van der Waals surface area contributed by atoms with Gasteiger partial charge >= 0.3 is 17.1 Å². The van der Waals surface area contributed by atoms with E-state index in [1.165, 1.54) is 24.2 Å². The highest BCUT2D eigenvalue weighted by Crippen LogP contribution is 2.34. The molecule has 0 saturated heterocycles. The first-order chi connectivity index (χ1) is 10.9. The van der Waals surface area contributed by atoms with E-state index in [1.807, 2.05) is 0 Å². The van der Waals surface area contributed by atoms with E-state index < -0.39 is 35.2 Å². The van der Waals surface area contributed by atoms with Gasteiger partial charge in [-0.1, -0.05) is 55.4 Å². The second-order valence-corrected chi connectivity index (χ2v) is 21.7. The van der Waals surface area contributed by atoms with Gasteiger partial charge in [0.1, 0.15) is 9.76 Å². The van der Waals surface area contributed by atoms with Crippen LogP contribution in [-0.4, -0.2) is 35.2 Å². The van der Waals surface area contributed by atoms with Gasteiger partial charge in [-0.05, 0) is 48.4 Å². The third kappa shape index (κ3) is 6.52. The molecule has 3 nitrogen and oxygen atoms in total. The fourth-order valence-electron chi connectivity index (χ4n) is 3.18. The van der Waals surface area contributed by atoms with Crippen LogP contribution < -0.4 is 0 Å². The molecule has 23 heavy (non-hydrogen) atoms. The Kier molecular flexibility index (Phi) is 11.7. The molecule has 0 radical (unpaired) electrons. The van der Waals surface area contributed by atoms with Crippen LogP contribution >= 0.6 is 0 Å². The molecule has 0 spiro atoms. The molecule has 0 aromatic rings. The van der Waals surface area contributed by atoms with Gasteiger partial charge in [0.05, 0.1) is 0 Å². The average molecular weight is 395 g/mol. The molecule has 7 heteroatoms. The third-order valence-corrected chi connectivity index (χ3v) is 23.1. The van der Waals surface area contributed by atoms with Crippen LogP contribution in [0.1, 0.15) is 55.4 Å². The van der Waals surface area contributed by atoms with Gasteiger partial charge in [-0.2, -0.15) is 0 Å². The Hall–Kier alpha value is 0.748. The van der Waals surface area contributed by atoms with Gasteiger partial charge in [0, 0.05) is 0 Å². The van der Waals surface area contributed by atoms with Gasteiger partial charge in [-0.25, -0.2) is 0 Å². The first kappa shape index (κ1) is 23.7. The molecule has 0 aromatic carbocycles. The first-order valence-electron chi connectivity index (χ1n) is 9.94. The lowest BCUT2D eigenvalue weighted by Crippen LogP contribution is -2.59. The van der Waals surface area contributed by atoms with E-state index in [0.29, 0.717) is 0 Å². The maximum Gasteiger partial charge on any atom is 0.318 e. The minimum absolute atomic E-state index is 0.431. The normalized spacial score (nSPS) is 14.1.